The molecule has 1 aromatic rings. The van der Waals surface area contributed by atoms with Gasteiger partial charge in [0.25, 0.3) is 10.1 Å². The lowest BCUT2D eigenvalue weighted by atomic mass is 10.1. The van der Waals surface area contributed by atoms with E-state index < -0.39 is 10.1 Å². The molecule has 0 fully saturated rings. The Kier molecular flexibility index (Phi) is 11.0. The normalized spacial score (nSPS) is 11.6. The fraction of sp³-hybridized carbons (Fsp3) is 0.632. The van der Waals surface area contributed by atoms with Gasteiger partial charge in [0.2, 0.25) is 5.24 Å². The summed E-state index contributed by atoms with van der Waals surface area (Å²) in [7, 11) is -3.63. The third-order valence-corrected chi connectivity index (χ3v) is 5.58. The van der Waals surface area contributed by atoms with Gasteiger partial charge in [-0.2, -0.15) is 8.42 Å². The summed E-state index contributed by atoms with van der Waals surface area (Å²) in [5.41, 5.74) is 1.02. The maximum atomic E-state index is 12.0. The van der Waals surface area contributed by atoms with Crippen molar-refractivity contribution in [2.45, 2.75) is 76.0 Å². The van der Waals surface area contributed by atoms with Crippen molar-refractivity contribution >= 4 is 27.0 Å². The van der Waals surface area contributed by atoms with Gasteiger partial charge in [-0.05, 0) is 43.5 Å². The molecule has 0 spiro atoms. The van der Waals surface area contributed by atoms with Gasteiger partial charge >= 0.3 is 0 Å². The highest BCUT2D eigenvalue weighted by atomic mass is 35.5. The SMILES string of the molecule is Cc1ccc(S(=O)(=O)OCCCCCCCCCCCC(=O)Cl)cc1. The first-order chi connectivity index (χ1) is 11.9. The van der Waals surface area contributed by atoms with Crippen LogP contribution < -0.4 is 0 Å². The lowest BCUT2D eigenvalue weighted by Crippen LogP contribution is -2.07. The molecule has 0 radical (unpaired) electrons. The number of unbranched alkanes of at least 4 members (excludes halogenated alkanes) is 8. The lowest BCUT2D eigenvalue weighted by molar-refractivity contribution is -0.111. The summed E-state index contributed by atoms with van der Waals surface area (Å²) in [6.07, 6.45) is 9.89. The van der Waals surface area contributed by atoms with Crippen molar-refractivity contribution in [2.75, 3.05) is 6.61 Å². The van der Waals surface area contributed by atoms with Crippen molar-refractivity contribution in [1.29, 1.82) is 0 Å². The van der Waals surface area contributed by atoms with Crippen molar-refractivity contribution < 1.29 is 17.4 Å². The van der Waals surface area contributed by atoms with E-state index in [0.717, 1.165) is 50.5 Å². The quantitative estimate of drug-likeness (QED) is 0.244. The van der Waals surface area contributed by atoms with E-state index in [1.165, 1.54) is 12.8 Å². The van der Waals surface area contributed by atoms with Crippen molar-refractivity contribution in [3.05, 3.63) is 29.8 Å². The molecule has 6 heteroatoms. The topological polar surface area (TPSA) is 60.4 Å². The second kappa shape index (κ2) is 12.4. The Balaban J connectivity index is 1.99. The first-order valence-electron chi connectivity index (χ1n) is 9.06. The fourth-order valence-corrected chi connectivity index (χ4v) is 3.62. The van der Waals surface area contributed by atoms with Crippen LogP contribution in [0.15, 0.2) is 29.2 Å². The molecular weight excluding hydrogens is 360 g/mol. The van der Waals surface area contributed by atoms with E-state index in [1.54, 1.807) is 24.3 Å². The van der Waals surface area contributed by atoms with Crippen LogP contribution >= 0.6 is 11.6 Å². The predicted octanol–water partition coefficient (Wildman–Crippen LogP) is 5.37. The van der Waals surface area contributed by atoms with E-state index in [4.69, 9.17) is 15.8 Å². The molecule has 142 valence electrons. The summed E-state index contributed by atoms with van der Waals surface area (Å²) in [6, 6.07) is 6.69. The molecule has 0 aliphatic rings. The summed E-state index contributed by atoms with van der Waals surface area (Å²) in [5.74, 6) is 0. The summed E-state index contributed by atoms with van der Waals surface area (Å²) in [4.78, 5) is 10.8. The minimum atomic E-state index is -3.63. The minimum Gasteiger partial charge on any atom is -0.281 e. The van der Waals surface area contributed by atoms with Gasteiger partial charge in [-0.1, -0.05) is 62.6 Å². The smallest absolute Gasteiger partial charge is 0.281 e. The maximum Gasteiger partial charge on any atom is 0.296 e. The second-order valence-electron chi connectivity index (χ2n) is 6.38. The molecule has 0 aliphatic carbocycles. The monoisotopic (exact) mass is 388 g/mol. The Morgan fingerprint density at radius 3 is 1.88 bits per heavy atom. The van der Waals surface area contributed by atoms with Gasteiger partial charge in [0.15, 0.2) is 0 Å². The van der Waals surface area contributed by atoms with Crippen molar-refractivity contribution in [2.24, 2.45) is 0 Å². The number of carbonyl (C=O) groups is 1. The number of halogens is 1. The van der Waals surface area contributed by atoms with Gasteiger partial charge in [-0.15, -0.1) is 0 Å². The molecule has 0 saturated carbocycles. The average Bonchev–Trinajstić information content (AvgIpc) is 2.56. The number of hydrogen-bond donors (Lipinski definition) is 0. The molecule has 0 amide bonds. The zero-order chi connectivity index (χ0) is 18.5. The van der Waals surface area contributed by atoms with Crippen molar-refractivity contribution in [1.82, 2.24) is 0 Å². The number of benzene rings is 1. The molecular formula is C19H29ClO4S. The van der Waals surface area contributed by atoms with Crippen molar-refractivity contribution in [3.63, 3.8) is 0 Å². The predicted molar refractivity (Wildman–Crippen MR) is 101 cm³/mol. The van der Waals surface area contributed by atoms with Crippen LogP contribution in [0.2, 0.25) is 0 Å². The lowest BCUT2D eigenvalue weighted by Gasteiger charge is -2.06. The van der Waals surface area contributed by atoms with E-state index in [9.17, 15) is 13.2 Å². The zero-order valence-electron chi connectivity index (χ0n) is 15.0. The molecule has 0 N–H and O–H groups in total. The first kappa shape index (κ1) is 22.1. The Bertz CT molecular complexity index is 596. The molecule has 0 atom stereocenters. The van der Waals surface area contributed by atoms with Crippen LogP contribution in [-0.2, 0) is 19.1 Å². The molecule has 1 aromatic carbocycles. The Morgan fingerprint density at radius 2 is 1.36 bits per heavy atom. The van der Waals surface area contributed by atoms with Crippen LogP contribution in [0.4, 0.5) is 0 Å². The van der Waals surface area contributed by atoms with Gasteiger partial charge < -0.3 is 0 Å². The number of hydrogen-bond acceptors (Lipinski definition) is 4. The van der Waals surface area contributed by atoms with E-state index in [-0.39, 0.29) is 16.7 Å². The van der Waals surface area contributed by atoms with Gasteiger partial charge in [-0.25, -0.2) is 0 Å². The number of carbonyl (C=O) groups excluding carboxylic acids is 1. The maximum absolute atomic E-state index is 12.0. The summed E-state index contributed by atoms with van der Waals surface area (Å²) in [6.45, 7) is 2.15. The van der Waals surface area contributed by atoms with Crippen LogP contribution in [0.1, 0.15) is 69.8 Å². The highest BCUT2D eigenvalue weighted by Crippen LogP contribution is 2.15. The molecule has 4 nitrogen and oxygen atoms in total. The zero-order valence-corrected chi connectivity index (χ0v) is 16.6. The molecule has 0 aromatic heterocycles. The van der Waals surface area contributed by atoms with E-state index >= 15 is 0 Å². The molecule has 25 heavy (non-hydrogen) atoms. The molecule has 0 aliphatic heterocycles. The summed E-state index contributed by atoms with van der Waals surface area (Å²) in [5, 5.41) is -0.244. The highest BCUT2D eigenvalue weighted by Gasteiger charge is 2.14. The van der Waals surface area contributed by atoms with E-state index in [2.05, 4.69) is 0 Å². The van der Waals surface area contributed by atoms with Crippen molar-refractivity contribution in [3.8, 4) is 0 Å². The summed E-state index contributed by atoms with van der Waals surface area (Å²) < 4.78 is 29.1. The van der Waals surface area contributed by atoms with E-state index in [1.807, 2.05) is 6.92 Å². The molecule has 0 unspecified atom stereocenters. The standard InChI is InChI=1S/C19H29ClO4S/c1-17-12-14-18(15-13-17)25(22,23)24-16-10-8-6-4-2-3-5-7-9-11-19(20)21/h12-15H,2-11,16H2,1H3. The minimum absolute atomic E-state index is 0.217. The molecule has 0 bridgehead atoms. The largest absolute Gasteiger partial charge is 0.296 e. The van der Waals surface area contributed by atoms with Crippen LogP contribution in [0.5, 0.6) is 0 Å². The number of aryl methyl sites for hydroxylation is 1. The van der Waals surface area contributed by atoms with Crippen LogP contribution in [-0.4, -0.2) is 20.3 Å². The number of rotatable bonds is 14. The molecule has 0 heterocycles. The second-order valence-corrected chi connectivity index (χ2v) is 8.41. The fourth-order valence-electron chi connectivity index (χ4n) is 2.55. The summed E-state index contributed by atoms with van der Waals surface area (Å²) >= 11 is 5.28. The van der Waals surface area contributed by atoms with Gasteiger partial charge in [-0.3, -0.25) is 8.98 Å². The third kappa shape index (κ3) is 10.6. The van der Waals surface area contributed by atoms with Crippen LogP contribution in [0.3, 0.4) is 0 Å². The highest BCUT2D eigenvalue weighted by molar-refractivity contribution is 7.86. The molecule has 1 rings (SSSR count). The Labute approximate surface area is 157 Å². The van der Waals surface area contributed by atoms with Crippen LogP contribution in [0.25, 0.3) is 0 Å². The third-order valence-electron chi connectivity index (χ3n) is 4.07. The van der Waals surface area contributed by atoms with Gasteiger partial charge in [0.1, 0.15) is 0 Å². The van der Waals surface area contributed by atoms with Gasteiger partial charge in [0, 0.05) is 6.42 Å². The molecule has 0 saturated heterocycles. The Hall–Kier alpha value is -0.910. The van der Waals surface area contributed by atoms with E-state index in [0.29, 0.717) is 6.42 Å². The van der Waals surface area contributed by atoms with Gasteiger partial charge in [0.05, 0.1) is 11.5 Å². The first-order valence-corrected chi connectivity index (χ1v) is 10.8. The Morgan fingerprint density at radius 1 is 0.880 bits per heavy atom. The average molecular weight is 389 g/mol. The van der Waals surface area contributed by atoms with Crippen LogP contribution in [0, 0.1) is 6.92 Å².